The van der Waals surface area contributed by atoms with Crippen LogP contribution in [0.2, 0.25) is 0 Å². The van der Waals surface area contributed by atoms with Crippen LogP contribution in [0.5, 0.6) is 0 Å². The van der Waals surface area contributed by atoms with Crippen molar-refractivity contribution in [2.24, 2.45) is 5.92 Å². The zero-order valence-electron chi connectivity index (χ0n) is 10.1. The van der Waals surface area contributed by atoms with Gasteiger partial charge in [-0.2, -0.15) is 0 Å². The molecule has 94 valence electrons. The van der Waals surface area contributed by atoms with Crippen molar-refractivity contribution < 1.29 is 9.53 Å². The van der Waals surface area contributed by atoms with Gasteiger partial charge in [0.15, 0.2) is 0 Å². The fourth-order valence-electron chi connectivity index (χ4n) is 2.52. The summed E-state index contributed by atoms with van der Waals surface area (Å²) in [4.78, 5) is 13.7. The fraction of sp³-hybridized carbons (Fsp3) is 0.615. The molecule has 0 radical (unpaired) electrons. The molecule has 1 fully saturated rings. The van der Waals surface area contributed by atoms with Crippen molar-refractivity contribution in [3.8, 4) is 0 Å². The predicted molar refractivity (Wildman–Crippen MR) is 70.6 cm³/mol. The molecule has 0 spiro atoms. The molecule has 2 rings (SSSR count). The average molecular weight is 300 g/mol. The van der Waals surface area contributed by atoms with E-state index >= 15 is 0 Å². The summed E-state index contributed by atoms with van der Waals surface area (Å²) in [6.07, 6.45) is 7.66. The van der Waals surface area contributed by atoms with Gasteiger partial charge >= 0.3 is 5.97 Å². The van der Waals surface area contributed by atoms with E-state index in [2.05, 4.69) is 33.0 Å². The number of hydrogen-bond donors (Lipinski definition) is 0. The van der Waals surface area contributed by atoms with Gasteiger partial charge in [-0.15, -0.1) is 0 Å². The first-order valence-corrected chi connectivity index (χ1v) is 6.97. The van der Waals surface area contributed by atoms with Crippen molar-refractivity contribution in [1.82, 2.24) is 4.90 Å². The van der Waals surface area contributed by atoms with Crippen molar-refractivity contribution >= 4 is 21.9 Å². The van der Waals surface area contributed by atoms with E-state index < -0.39 is 0 Å². The van der Waals surface area contributed by atoms with E-state index in [-0.39, 0.29) is 5.97 Å². The Kier molecular flexibility index (Phi) is 4.26. The van der Waals surface area contributed by atoms with Crippen molar-refractivity contribution in [1.29, 1.82) is 0 Å². The third-order valence-electron chi connectivity index (χ3n) is 3.27. The number of ether oxygens (including phenoxy) is 1. The summed E-state index contributed by atoms with van der Waals surface area (Å²) in [7, 11) is 0. The quantitative estimate of drug-likeness (QED) is 0.751. The molecule has 1 aliphatic heterocycles. The first-order chi connectivity index (χ1) is 8.20. The molecule has 0 amide bonds. The van der Waals surface area contributed by atoms with Crippen LogP contribution >= 0.6 is 15.9 Å². The van der Waals surface area contributed by atoms with Crippen molar-refractivity contribution in [3.63, 3.8) is 0 Å². The van der Waals surface area contributed by atoms with E-state index in [0.29, 0.717) is 19.1 Å². The summed E-state index contributed by atoms with van der Waals surface area (Å²) in [5.41, 5.74) is 1.30. The van der Waals surface area contributed by atoms with Crippen LogP contribution < -0.4 is 0 Å². The molecule has 1 unspecified atom stereocenters. The van der Waals surface area contributed by atoms with Crippen LogP contribution in [0, 0.1) is 5.92 Å². The molecular weight excluding hydrogens is 282 g/mol. The number of hydrogen-bond acceptors (Lipinski definition) is 3. The zero-order chi connectivity index (χ0) is 12.3. The first-order valence-electron chi connectivity index (χ1n) is 6.17. The molecule has 1 heterocycles. The Morgan fingerprint density at radius 1 is 1.59 bits per heavy atom. The van der Waals surface area contributed by atoms with Crippen LogP contribution in [-0.2, 0) is 9.53 Å². The molecule has 4 heteroatoms. The average Bonchev–Trinajstić information content (AvgIpc) is 2.29. The van der Waals surface area contributed by atoms with Crippen LogP contribution in [-0.4, -0.2) is 30.6 Å². The molecule has 1 saturated heterocycles. The summed E-state index contributed by atoms with van der Waals surface area (Å²) in [6, 6.07) is 0. The van der Waals surface area contributed by atoms with E-state index in [4.69, 9.17) is 4.74 Å². The maximum Gasteiger partial charge on any atom is 0.325 e. The number of carbonyl (C=O) groups excluding carboxylic acids is 1. The highest BCUT2D eigenvalue weighted by molar-refractivity contribution is 9.11. The smallest absolute Gasteiger partial charge is 0.325 e. The van der Waals surface area contributed by atoms with Gasteiger partial charge in [0.1, 0.15) is 6.54 Å². The number of rotatable bonds is 3. The number of fused-ring (bicyclic) bond motifs is 1. The lowest BCUT2D eigenvalue weighted by Gasteiger charge is -2.38. The minimum absolute atomic E-state index is 0.123. The number of esters is 1. The molecule has 17 heavy (non-hydrogen) atoms. The van der Waals surface area contributed by atoms with Gasteiger partial charge in [0.25, 0.3) is 0 Å². The van der Waals surface area contributed by atoms with Gasteiger partial charge in [-0.3, -0.25) is 4.79 Å². The van der Waals surface area contributed by atoms with E-state index in [1.54, 1.807) is 0 Å². The summed E-state index contributed by atoms with van der Waals surface area (Å²) >= 11 is 3.55. The van der Waals surface area contributed by atoms with Gasteiger partial charge in [-0.1, -0.05) is 22.0 Å². The second-order valence-corrected chi connectivity index (χ2v) is 5.49. The summed E-state index contributed by atoms with van der Waals surface area (Å²) in [6.45, 7) is 3.66. The molecule has 0 N–H and O–H groups in total. The molecule has 0 aromatic rings. The Balaban J connectivity index is 2.04. The largest absolute Gasteiger partial charge is 0.465 e. The summed E-state index contributed by atoms with van der Waals surface area (Å²) < 4.78 is 6.27. The Morgan fingerprint density at radius 2 is 2.41 bits per heavy atom. The minimum atomic E-state index is -0.123. The highest BCUT2D eigenvalue weighted by Crippen LogP contribution is 2.36. The second-order valence-electron chi connectivity index (χ2n) is 4.47. The number of carbonyl (C=O) groups is 1. The Morgan fingerprint density at radius 3 is 3.18 bits per heavy atom. The monoisotopic (exact) mass is 299 g/mol. The van der Waals surface area contributed by atoms with Crippen LogP contribution in [0.25, 0.3) is 0 Å². The zero-order valence-corrected chi connectivity index (χ0v) is 11.7. The third-order valence-corrected chi connectivity index (χ3v) is 3.85. The molecule has 0 aromatic carbocycles. The number of halogens is 1. The Labute approximate surface area is 111 Å². The van der Waals surface area contributed by atoms with Gasteiger partial charge in [0.2, 0.25) is 0 Å². The molecule has 0 aromatic heterocycles. The van der Waals surface area contributed by atoms with E-state index in [9.17, 15) is 4.79 Å². The van der Waals surface area contributed by atoms with Gasteiger partial charge < -0.3 is 9.64 Å². The number of likely N-dealkylation sites (tertiary alicyclic amines) is 1. The standard InChI is InChI=1S/C13H18BrNO2/c1-2-17-13(16)9-15-7-3-4-10-8-11(14)5-6-12(10)15/h5-6,10H,2-4,7-9H2,1H3. The maximum absolute atomic E-state index is 11.5. The van der Waals surface area contributed by atoms with Crippen LogP contribution in [0.15, 0.2) is 22.3 Å². The number of nitrogens with zero attached hydrogens (tertiary/aromatic N) is 1. The number of piperidine rings is 1. The first kappa shape index (κ1) is 12.7. The third kappa shape index (κ3) is 3.12. The van der Waals surface area contributed by atoms with Crippen LogP contribution in [0.1, 0.15) is 26.2 Å². The lowest BCUT2D eigenvalue weighted by Crippen LogP contribution is -2.38. The Bertz CT molecular complexity index is 362. The molecule has 1 atom stereocenters. The van der Waals surface area contributed by atoms with Crippen LogP contribution in [0.4, 0.5) is 0 Å². The summed E-state index contributed by atoms with van der Waals surface area (Å²) in [5.74, 6) is 0.445. The van der Waals surface area contributed by atoms with E-state index in [1.165, 1.54) is 16.6 Å². The van der Waals surface area contributed by atoms with E-state index in [1.807, 2.05) is 6.92 Å². The lowest BCUT2D eigenvalue weighted by atomic mass is 9.88. The van der Waals surface area contributed by atoms with Gasteiger partial charge in [-0.25, -0.2) is 0 Å². The number of allylic oxidation sites excluding steroid dienone is 4. The molecule has 0 bridgehead atoms. The van der Waals surface area contributed by atoms with Crippen molar-refractivity contribution in [2.75, 3.05) is 19.7 Å². The van der Waals surface area contributed by atoms with Gasteiger partial charge in [0.05, 0.1) is 6.61 Å². The van der Waals surface area contributed by atoms with E-state index in [0.717, 1.165) is 19.4 Å². The van der Waals surface area contributed by atoms with Crippen LogP contribution in [0.3, 0.4) is 0 Å². The SMILES string of the molecule is CCOC(=O)CN1CCCC2CC(Br)=CC=C21. The maximum atomic E-state index is 11.5. The molecule has 3 nitrogen and oxygen atoms in total. The predicted octanol–water partition coefficient (Wildman–Crippen LogP) is 2.83. The molecule has 1 aliphatic carbocycles. The second kappa shape index (κ2) is 5.71. The highest BCUT2D eigenvalue weighted by atomic mass is 79.9. The highest BCUT2D eigenvalue weighted by Gasteiger charge is 2.28. The lowest BCUT2D eigenvalue weighted by molar-refractivity contribution is -0.144. The normalized spacial score (nSPS) is 23.6. The molecule has 2 aliphatic rings. The van der Waals surface area contributed by atoms with Gasteiger partial charge in [0, 0.05) is 18.2 Å². The summed E-state index contributed by atoms with van der Waals surface area (Å²) in [5, 5.41) is 0. The topological polar surface area (TPSA) is 29.5 Å². The van der Waals surface area contributed by atoms with Gasteiger partial charge in [-0.05, 0) is 36.7 Å². The Hall–Kier alpha value is -0.770. The van der Waals surface area contributed by atoms with Crippen molar-refractivity contribution in [3.05, 3.63) is 22.3 Å². The van der Waals surface area contributed by atoms with Crippen molar-refractivity contribution in [2.45, 2.75) is 26.2 Å². The molecule has 0 saturated carbocycles. The fourth-order valence-corrected chi connectivity index (χ4v) is 3.05. The molecular formula is C13H18BrNO2. The minimum Gasteiger partial charge on any atom is -0.465 e.